The molecule has 1 aromatic heterocycles. The average molecular weight is 409 g/mol. The van der Waals surface area contributed by atoms with E-state index in [0.29, 0.717) is 12.1 Å². The fraction of sp³-hybridized carbons (Fsp3) is 0.478. The smallest absolute Gasteiger partial charge is 0.260 e. The topological polar surface area (TPSA) is 75.6 Å². The summed E-state index contributed by atoms with van der Waals surface area (Å²) in [6, 6.07) is 9.61. The number of para-hydroxylation sites is 1. The van der Waals surface area contributed by atoms with Crippen LogP contribution in [0.5, 0.6) is 5.75 Å². The van der Waals surface area contributed by atoms with Crippen molar-refractivity contribution in [2.75, 3.05) is 20.2 Å². The highest BCUT2D eigenvalue weighted by Crippen LogP contribution is 2.29. The van der Waals surface area contributed by atoms with Crippen molar-refractivity contribution in [3.05, 3.63) is 53.9 Å². The number of rotatable bonds is 1. The Kier molecular flexibility index (Phi) is 6.26. The van der Waals surface area contributed by atoms with Crippen molar-refractivity contribution in [1.29, 1.82) is 0 Å². The molecule has 0 spiro atoms. The molecule has 7 heteroatoms. The molecular formula is C23H28N4O3. The Morgan fingerprint density at radius 1 is 1.07 bits per heavy atom. The zero-order valence-corrected chi connectivity index (χ0v) is 17.4. The number of aryl methyl sites for hydroxylation is 1. The highest BCUT2D eigenvalue weighted by atomic mass is 16.5. The number of ether oxygens (including phenoxy) is 1. The number of nitrogens with zero attached hydrogens (tertiary/aromatic N) is 4. The molecule has 0 unspecified atom stereocenters. The second-order valence-electron chi connectivity index (χ2n) is 8.05. The third kappa shape index (κ3) is 4.30. The maximum atomic E-state index is 13.2. The standard InChI is InChI=1S/C23H28N4O3/c1-26-19-10-6-14-27(23(29)18-12-13-24-25-15-18)20(19)9-4-2-7-17-8-3-5-11-21(17)30-16-22(26)28/h3,5,8,11-13,15,19-20H,2,4,6-7,9-10,14,16H2,1H3/t19-,20-/m1/s1. The van der Waals surface area contributed by atoms with Crippen LogP contribution < -0.4 is 4.74 Å². The second kappa shape index (κ2) is 9.24. The number of likely N-dealkylation sites (tertiary alicyclic amines) is 1. The lowest BCUT2D eigenvalue weighted by atomic mass is 9.89. The van der Waals surface area contributed by atoms with E-state index < -0.39 is 0 Å². The molecule has 0 N–H and O–H groups in total. The van der Waals surface area contributed by atoms with Crippen molar-refractivity contribution in [3.63, 3.8) is 0 Å². The molecule has 1 fully saturated rings. The molecule has 0 bridgehead atoms. The van der Waals surface area contributed by atoms with Gasteiger partial charge >= 0.3 is 0 Å². The Balaban J connectivity index is 1.59. The number of carbonyl (C=O) groups is 2. The third-order valence-electron chi connectivity index (χ3n) is 6.25. The van der Waals surface area contributed by atoms with Gasteiger partial charge in [0.15, 0.2) is 6.61 Å². The van der Waals surface area contributed by atoms with E-state index in [1.807, 2.05) is 30.1 Å². The fourth-order valence-corrected chi connectivity index (χ4v) is 4.62. The Labute approximate surface area is 177 Å². The van der Waals surface area contributed by atoms with Gasteiger partial charge in [0, 0.05) is 13.6 Å². The molecule has 0 saturated carbocycles. The maximum absolute atomic E-state index is 13.2. The average Bonchev–Trinajstić information content (AvgIpc) is 2.79. The summed E-state index contributed by atoms with van der Waals surface area (Å²) in [5.74, 6) is 0.705. The van der Waals surface area contributed by atoms with E-state index in [1.54, 1.807) is 17.2 Å². The Hall–Kier alpha value is -2.96. The molecule has 0 radical (unpaired) electrons. The normalized spacial score (nSPS) is 22.8. The van der Waals surface area contributed by atoms with Gasteiger partial charge in [0.1, 0.15) is 5.75 Å². The summed E-state index contributed by atoms with van der Waals surface area (Å²) >= 11 is 0. The van der Waals surface area contributed by atoms with Gasteiger partial charge in [0.2, 0.25) is 0 Å². The molecule has 30 heavy (non-hydrogen) atoms. The molecular weight excluding hydrogens is 380 g/mol. The first kappa shape index (κ1) is 20.3. The molecule has 0 aliphatic carbocycles. The SMILES string of the molecule is CN1C(=O)COc2ccccc2CCCC[C@@H]2[C@H]1CCCN2C(=O)c1ccnnc1. The second-order valence-corrected chi connectivity index (χ2v) is 8.05. The summed E-state index contributed by atoms with van der Waals surface area (Å²) < 4.78 is 5.88. The summed E-state index contributed by atoms with van der Waals surface area (Å²) in [5, 5.41) is 7.63. The largest absolute Gasteiger partial charge is 0.483 e. The number of hydrogen-bond acceptors (Lipinski definition) is 5. The van der Waals surface area contributed by atoms with Crippen LogP contribution in [0.2, 0.25) is 0 Å². The number of aromatic nitrogens is 2. The lowest BCUT2D eigenvalue weighted by molar-refractivity contribution is -0.136. The minimum atomic E-state index is -0.0553. The zero-order valence-electron chi connectivity index (χ0n) is 17.4. The number of fused-ring (bicyclic) bond motifs is 2. The molecule has 1 aromatic carbocycles. The van der Waals surface area contributed by atoms with Crippen LogP contribution in [0.25, 0.3) is 0 Å². The van der Waals surface area contributed by atoms with Crippen LogP contribution >= 0.6 is 0 Å². The number of hydrogen-bond donors (Lipinski definition) is 0. The van der Waals surface area contributed by atoms with Gasteiger partial charge in [0.25, 0.3) is 11.8 Å². The van der Waals surface area contributed by atoms with Crippen LogP contribution in [0.3, 0.4) is 0 Å². The fourth-order valence-electron chi connectivity index (χ4n) is 4.62. The monoisotopic (exact) mass is 408 g/mol. The van der Waals surface area contributed by atoms with E-state index >= 15 is 0 Å². The van der Waals surface area contributed by atoms with Crippen LogP contribution in [-0.4, -0.2) is 64.1 Å². The van der Waals surface area contributed by atoms with Crippen LogP contribution in [0.1, 0.15) is 48.0 Å². The maximum Gasteiger partial charge on any atom is 0.260 e. The van der Waals surface area contributed by atoms with Crippen molar-refractivity contribution < 1.29 is 14.3 Å². The molecule has 2 aromatic rings. The number of piperidine rings is 1. The highest BCUT2D eigenvalue weighted by molar-refractivity contribution is 5.94. The van der Waals surface area contributed by atoms with Gasteiger partial charge in [0.05, 0.1) is 30.0 Å². The van der Waals surface area contributed by atoms with Gasteiger partial charge < -0.3 is 14.5 Å². The van der Waals surface area contributed by atoms with Crippen LogP contribution in [0.4, 0.5) is 0 Å². The molecule has 2 amide bonds. The minimum absolute atomic E-state index is 0.0109. The van der Waals surface area contributed by atoms with Crippen molar-refractivity contribution in [1.82, 2.24) is 20.0 Å². The molecule has 4 rings (SSSR count). The zero-order chi connectivity index (χ0) is 20.9. The third-order valence-corrected chi connectivity index (χ3v) is 6.25. The number of likely N-dealkylation sites (N-methyl/N-ethyl adjacent to an activating group) is 1. The summed E-state index contributed by atoms with van der Waals surface area (Å²) in [7, 11) is 1.84. The number of benzene rings is 1. The molecule has 2 aliphatic rings. The van der Waals surface area contributed by atoms with E-state index in [1.165, 1.54) is 6.20 Å². The first-order valence-corrected chi connectivity index (χ1v) is 10.7. The van der Waals surface area contributed by atoms with E-state index in [0.717, 1.165) is 49.8 Å². The van der Waals surface area contributed by atoms with E-state index in [4.69, 9.17) is 4.74 Å². The first-order chi connectivity index (χ1) is 14.6. The number of carbonyl (C=O) groups excluding carboxylic acids is 2. The lowest BCUT2D eigenvalue weighted by Gasteiger charge is -2.45. The van der Waals surface area contributed by atoms with Gasteiger partial charge in [-0.25, -0.2) is 0 Å². The van der Waals surface area contributed by atoms with Gasteiger partial charge in [-0.15, -0.1) is 0 Å². The highest BCUT2D eigenvalue weighted by Gasteiger charge is 2.38. The summed E-state index contributed by atoms with van der Waals surface area (Å²) in [5.41, 5.74) is 1.67. The van der Waals surface area contributed by atoms with Gasteiger partial charge in [-0.2, -0.15) is 10.2 Å². The van der Waals surface area contributed by atoms with Crippen LogP contribution in [-0.2, 0) is 11.2 Å². The summed E-state index contributed by atoms with van der Waals surface area (Å²) in [4.78, 5) is 29.9. The first-order valence-electron chi connectivity index (χ1n) is 10.7. The lowest BCUT2D eigenvalue weighted by Crippen LogP contribution is -2.58. The number of amides is 2. The van der Waals surface area contributed by atoms with Crippen molar-refractivity contribution in [3.8, 4) is 5.75 Å². The van der Waals surface area contributed by atoms with E-state index in [-0.39, 0.29) is 30.5 Å². The Morgan fingerprint density at radius 3 is 2.73 bits per heavy atom. The summed E-state index contributed by atoms with van der Waals surface area (Å²) in [6.07, 6.45) is 8.58. The van der Waals surface area contributed by atoms with Crippen LogP contribution in [0.15, 0.2) is 42.7 Å². The van der Waals surface area contributed by atoms with Crippen molar-refractivity contribution in [2.24, 2.45) is 0 Å². The quantitative estimate of drug-likeness (QED) is 0.725. The minimum Gasteiger partial charge on any atom is -0.483 e. The van der Waals surface area contributed by atoms with E-state index in [9.17, 15) is 9.59 Å². The summed E-state index contributed by atoms with van der Waals surface area (Å²) in [6.45, 7) is 0.711. The van der Waals surface area contributed by atoms with Crippen molar-refractivity contribution >= 4 is 11.8 Å². The van der Waals surface area contributed by atoms with Crippen LogP contribution in [0, 0.1) is 0 Å². The molecule has 7 nitrogen and oxygen atoms in total. The van der Waals surface area contributed by atoms with Crippen molar-refractivity contribution in [2.45, 2.75) is 50.6 Å². The Morgan fingerprint density at radius 2 is 1.90 bits per heavy atom. The molecule has 3 heterocycles. The van der Waals surface area contributed by atoms with E-state index in [2.05, 4.69) is 16.3 Å². The van der Waals surface area contributed by atoms with Gasteiger partial charge in [-0.1, -0.05) is 24.6 Å². The predicted octanol–water partition coefficient (Wildman–Crippen LogP) is 2.71. The van der Waals surface area contributed by atoms with Gasteiger partial charge in [-0.05, 0) is 49.8 Å². The molecule has 2 atom stereocenters. The molecule has 2 aliphatic heterocycles. The predicted molar refractivity (Wildman–Crippen MR) is 112 cm³/mol. The molecule has 158 valence electrons. The van der Waals surface area contributed by atoms with Gasteiger partial charge in [-0.3, -0.25) is 9.59 Å². The Bertz CT molecular complexity index is 889. The molecule has 1 saturated heterocycles.